The number of anilines is 2. The predicted octanol–water partition coefficient (Wildman–Crippen LogP) is -1.43. The van der Waals surface area contributed by atoms with Crippen LogP contribution in [0.3, 0.4) is 0 Å². The van der Waals surface area contributed by atoms with Crippen molar-refractivity contribution in [2.45, 2.75) is 6.04 Å². The summed E-state index contributed by atoms with van der Waals surface area (Å²) >= 11 is 0. The lowest BCUT2D eigenvalue weighted by Crippen LogP contribution is -2.58. The van der Waals surface area contributed by atoms with E-state index >= 15 is 0 Å². The molecule has 1 amide bonds. The number of hydrogen-bond donors (Lipinski definition) is 1. The van der Waals surface area contributed by atoms with Crippen molar-refractivity contribution in [3.63, 3.8) is 0 Å². The highest BCUT2D eigenvalue weighted by Crippen LogP contribution is 2.17. The highest BCUT2D eigenvalue weighted by molar-refractivity contribution is 5.85. The zero-order valence-electron chi connectivity index (χ0n) is 13.6. The number of carbonyl (C=O) groups is 1. The molecule has 2 aliphatic rings. The summed E-state index contributed by atoms with van der Waals surface area (Å²) in [4.78, 5) is 31.2. The first kappa shape index (κ1) is 15.9. The number of aromatic nitrogens is 3. The van der Waals surface area contributed by atoms with Gasteiger partial charge in [-0.15, -0.1) is 0 Å². The fraction of sp³-hybridized carbons (Fsp3) is 0.714. The first-order valence-corrected chi connectivity index (χ1v) is 7.87. The smallest absolute Gasteiger partial charge is 0.246 e. The molecule has 1 atom stereocenters. The van der Waals surface area contributed by atoms with Crippen molar-refractivity contribution in [3.8, 4) is 0 Å². The van der Waals surface area contributed by atoms with Crippen LogP contribution in [0.2, 0.25) is 0 Å². The van der Waals surface area contributed by atoms with E-state index in [2.05, 4.69) is 25.2 Å². The normalized spacial score (nSPS) is 22.1. The second-order valence-electron chi connectivity index (χ2n) is 5.83. The second kappa shape index (κ2) is 7.05. The van der Waals surface area contributed by atoms with Crippen LogP contribution < -0.4 is 15.1 Å². The molecule has 1 aromatic heterocycles. The Bertz CT molecular complexity index is 548. The third kappa shape index (κ3) is 3.50. The number of likely N-dealkylation sites (N-methyl/N-ethyl adjacent to an activating group) is 1. The van der Waals surface area contributed by atoms with Gasteiger partial charge >= 0.3 is 0 Å². The van der Waals surface area contributed by atoms with Crippen LogP contribution in [-0.2, 0) is 9.53 Å². The molecule has 0 spiro atoms. The van der Waals surface area contributed by atoms with E-state index in [0.717, 1.165) is 19.6 Å². The van der Waals surface area contributed by atoms with Gasteiger partial charge in [0.1, 0.15) is 12.4 Å². The monoisotopic (exact) mass is 321 g/mol. The SMILES string of the molecule is CN(C)C(=O)C1CNCCN1c1ncnc(N2CCOCC2)n1. The maximum atomic E-state index is 12.4. The van der Waals surface area contributed by atoms with Crippen molar-refractivity contribution >= 4 is 17.8 Å². The molecule has 2 saturated heterocycles. The van der Waals surface area contributed by atoms with Crippen molar-refractivity contribution in [3.05, 3.63) is 6.33 Å². The van der Waals surface area contributed by atoms with Crippen LogP contribution in [-0.4, -0.2) is 91.8 Å². The molecule has 9 heteroatoms. The van der Waals surface area contributed by atoms with Crippen LogP contribution in [0.25, 0.3) is 0 Å². The van der Waals surface area contributed by atoms with Crippen molar-refractivity contribution in [1.29, 1.82) is 0 Å². The van der Waals surface area contributed by atoms with E-state index in [1.807, 2.05) is 4.90 Å². The second-order valence-corrected chi connectivity index (χ2v) is 5.83. The molecule has 1 aromatic rings. The van der Waals surface area contributed by atoms with E-state index in [1.54, 1.807) is 19.0 Å². The average Bonchev–Trinajstić information content (AvgIpc) is 2.62. The first-order valence-electron chi connectivity index (χ1n) is 7.87. The fourth-order valence-corrected chi connectivity index (χ4v) is 2.80. The summed E-state index contributed by atoms with van der Waals surface area (Å²) in [5.74, 6) is 1.25. The molecule has 126 valence electrons. The quantitative estimate of drug-likeness (QED) is 0.725. The topological polar surface area (TPSA) is 86.7 Å². The summed E-state index contributed by atoms with van der Waals surface area (Å²) in [5.41, 5.74) is 0. The minimum atomic E-state index is -0.293. The number of rotatable bonds is 3. The van der Waals surface area contributed by atoms with Gasteiger partial charge in [0.2, 0.25) is 17.8 Å². The molecule has 0 radical (unpaired) electrons. The number of amides is 1. The summed E-state index contributed by atoms with van der Waals surface area (Å²) < 4.78 is 5.36. The summed E-state index contributed by atoms with van der Waals surface area (Å²) in [7, 11) is 3.53. The lowest BCUT2D eigenvalue weighted by molar-refractivity contribution is -0.130. The number of morpholine rings is 1. The van der Waals surface area contributed by atoms with Gasteiger partial charge in [0.15, 0.2) is 0 Å². The van der Waals surface area contributed by atoms with Gasteiger partial charge in [-0.25, -0.2) is 9.97 Å². The van der Waals surface area contributed by atoms with Crippen LogP contribution in [0.5, 0.6) is 0 Å². The van der Waals surface area contributed by atoms with Crippen molar-refractivity contribution in [2.24, 2.45) is 0 Å². The third-order valence-corrected chi connectivity index (χ3v) is 4.07. The molecule has 2 aliphatic heterocycles. The largest absolute Gasteiger partial charge is 0.378 e. The Morgan fingerprint density at radius 1 is 1.26 bits per heavy atom. The van der Waals surface area contributed by atoms with Crippen LogP contribution in [0.15, 0.2) is 6.33 Å². The molecule has 0 aliphatic carbocycles. The van der Waals surface area contributed by atoms with Gasteiger partial charge in [0.05, 0.1) is 13.2 Å². The van der Waals surface area contributed by atoms with Crippen LogP contribution in [0.4, 0.5) is 11.9 Å². The molecule has 3 heterocycles. The molecule has 1 unspecified atom stereocenters. The molecule has 0 saturated carbocycles. The van der Waals surface area contributed by atoms with Gasteiger partial charge in [-0.2, -0.15) is 4.98 Å². The first-order chi connectivity index (χ1) is 11.2. The minimum absolute atomic E-state index is 0.0468. The number of hydrogen-bond acceptors (Lipinski definition) is 8. The van der Waals surface area contributed by atoms with Gasteiger partial charge in [0.25, 0.3) is 0 Å². The Morgan fingerprint density at radius 2 is 2.00 bits per heavy atom. The standard InChI is InChI=1S/C14H23N7O2/c1-19(2)12(22)11-9-15-3-4-21(11)14-17-10-16-13(18-14)20-5-7-23-8-6-20/h10-11,15H,3-9H2,1-2H3. The average molecular weight is 321 g/mol. The van der Waals surface area contributed by atoms with Gasteiger partial charge in [0, 0.05) is 46.8 Å². The molecule has 3 rings (SSSR count). The Hall–Kier alpha value is -2.00. The predicted molar refractivity (Wildman–Crippen MR) is 85.6 cm³/mol. The molecule has 2 fully saturated rings. The Morgan fingerprint density at radius 3 is 2.74 bits per heavy atom. The molecule has 0 aromatic carbocycles. The molecule has 23 heavy (non-hydrogen) atoms. The van der Waals surface area contributed by atoms with Gasteiger partial charge < -0.3 is 24.8 Å². The van der Waals surface area contributed by atoms with E-state index in [9.17, 15) is 4.79 Å². The molecular formula is C14H23N7O2. The Kier molecular flexibility index (Phi) is 4.87. The summed E-state index contributed by atoms with van der Waals surface area (Å²) in [6, 6.07) is -0.293. The van der Waals surface area contributed by atoms with Crippen LogP contribution in [0.1, 0.15) is 0 Å². The van der Waals surface area contributed by atoms with Gasteiger partial charge in [-0.3, -0.25) is 4.79 Å². The lowest BCUT2D eigenvalue weighted by Gasteiger charge is -2.36. The van der Waals surface area contributed by atoms with E-state index in [1.165, 1.54) is 6.33 Å². The van der Waals surface area contributed by atoms with Crippen molar-refractivity contribution < 1.29 is 9.53 Å². The molecule has 1 N–H and O–H groups in total. The maximum Gasteiger partial charge on any atom is 0.246 e. The van der Waals surface area contributed by atoms with Crippen molar-refractivity contribution in [1.82, 2.24) is 25.2 Å². The zero-order valence-corrected chi connectivity index (χ0v) is 13.6. The number of nitrogens with zero attached hydrogens (tertiary/aromatic N) is 6. The highest BCUT2D eigenvalue weighted by atomic mass is 16.5. The third-order valence-electron chi connectivity index (χ3n) is 4.07. The van der Waals surface area contributed by atoms with E-state index in [0.29, 0.717) is 38.2 Å². The number of carbonyl (C=O) groups excluding carboxylic acids is 1. The number of ether oxygens (including phenoxy) is 1. The molecule has 0 bridgehead atoms. The zero-order chi connectivity index (χ0) is 16.2. The number of nitrogens with one attached hydrogen (secondary N) is 1. The van der Waals surface area contributed by atoms with Crippen LogP contribution >= 0.6 is 0 Å². The van der Waals surface area contributed by atoms with Gasteiger partial charge in [-0.1, -0.05) is 0 Å². The molecular weight excluding hydrogens is 298 g/mol. The van der Waals surface area contributed by atoms with Crippen LogP contribution in [0, 0.1) is 0 Å². The summed E-state index contributed by atoms with van der Waals surface area (Å²) in [5, 5.41) is 3.26. The summed E-state index contributed by atoms with van der Waals surface area (Å²) in [6.07, 6.45) is 1.52. The lowest BCUT2D eigenvalue weighted by atomic mass is 10.2. The maximum absolute atomic E-state index is 12.4. The highest BCUT2D eigenvalue weighted by Gasteiger charge is 2.32. The Labute approximate surface area is 135 Å². The van der Waals surface area contributed by atoms with E-state index < -0.39 is 0 Å². The summed E-state index contributed by atoms with van der Waals surface area (Å²) in [6.45, 7) is 4.98. The Balaban J connectivity index is 1.82. The molecule has 9 nitrogen and oxygen atoms in total. The van der Waals surface area contributed by atoms with E-state index in [-0.39, 0.29) is 11.9 Å². The van der Waals surface area contributed by atoms with Crippen molar-refractivity contribution in [2.75, 3.05) is 69.8 Å². The fourth-order valence-electron chi connectivity index (χ4n) is 2.80. The number of piperazine rings is 1. The minimum Gasteiger partial charge on any atom is -0.378 e. The van der Waals surface area contributed by atoms with Gasteiger partial charge in [-0.05, 0) is 0 Å². The van der Waals surface area contributed by atoms with E-state index in [4.69, 9.17) is 4.74 Å².